The third kappa shape index (κ3) is 4.16. The van der Waals surface area contributed by atoms with Crippen molar-refractivity contribution in [1.29, 1.82) is 0 Å². The van der Waals surface area contributed by atoms with Crippen molar-refractivity contribution in [1.82, 2.24) is 15.3 Å². The summed E-state index contributed by atoms with van der Waals surface area (Å²) < 4.78 is 9.54. The second kappa shape index (κ2) is 7.39. The number of hydrogen-bond acceptors (Lipinski definition) is 7. The van der Waals surface area contributed by atoms with E-state index in [1.807, 2.05) is 0 Å². The lowest BCUT2D eigenvalue weighted by Crippen LogP contribution is -2.48. The Kier molecular flexibility index (Phi) is 5.85. The number of nitrogens with zero attached hydrogens (tertiary/aromatic N) is 2. The van der Waals surface area contributed by atoms with Gasteiger partial charge in [0.15, 0.2) is 6.04 Å². The third-order valence-corrected chi connectivity index (χ3v) is 2.39. The van der Waals surface area contributed by atoms with E-state index in [0.29, 0.717) is 6.61 Å². The van der Waals surface area contributed by atoms with Gasteiger partial charge >= 0.3 is 12.0 Å². The first-order valence-electron chi connectivity index (χ1n) is 6.01. The number of carbonyl (C=O) groups excluding carboxylic acids is 2. The number of amides is 1. The van der Waals surface area contributed by atoms with E-state index >= 15 is 0 Å². The van der Waals surface area contributed by atoms with Crippen molar-refractivity contribution in [3.8, 4) is 6.01 Å². The van der Waals surface area contributed by atoms with Gasteiger partial charge in [0.05, 0.1) is 25.4 Å². The van der Waals surface area contributed by atoms with E-state index in [-0.39, 0.29) is 11.6 Å². The quantitative estimate of drug-likeness (QED) is 0.679. The second-order valence-corrected chi connectivity index (χ2v) is 3.90. The summed E-state index contributed by atoms with van der Waals surface area (Å²) >= 11 is 0. The molecule has 0 fully saturated rings. The SMILES string of the molecule is CCOc1ncc(C(=O)N[C@H](C(=O)OC)[C@@H](C)O)cn1. The van der Waals surface area contributed by atoms with Gasteiger partial charge in [-0.05, 0) is 13.8 Å². The maximum Gasteiger partial charge on any atom is 0.331 e. The van der Waals surface area contributed by atoms with Crippen molar-refractivity contribution in [3.05, 3.63) is 18.0 Å². The van der Waals surface area contributed by atoms with Gasteiger partial charge in [-0.3, -0.25) is 4.79 Å². The number of aliphatic hydroxyl groups excluding tert-OH is 1. The molecule has 0 aliphatic rings. The molecule has 2 atom stereocenters. The minimum Gasteiger partial charge on any atom is -0.467 e. The lowest BCUT2D eigenvalue weighted by atomic mass is 10.1. The molecule has 1 aromatic heterocycles. The summed E-state index contributed by atoms with van der Waals surface area (Å²) in [6, 6.07) is -0.997. The first kappa shape index (κ1) is 15.8. The fraction of sp³-hybridized carbons (Fsp3) is 0.500. The largest absolute Gasteiger partial charge is 0.467 e. The van der Waals surface area contributed by atoms with Crippen LogP contribution in [0, 0.1) is 0 Å². The topological polar surface area (TPSA) is 111 Å². The summed E-state index contributed by atoms with van der Waals surface area (Å²) in [5, 5.41) is 11.8. The number of hydrogen-bond donors (Lipinski definition) is 2. The molecule has 0 aliphatic carbocycles. The molecule has 110 valence electrons. The van der Waals surface area contributed by atoms with Crippen LogP contribution in [0.15, 0.2) is 12.4 Å². The van der Waals surface area contributed by atoms with Crippen LogP contribution in [-0.4, -0.2) is 52.8 Å². The fourth-order valence-corrected chi connectivity index (χ4v) is 1.37. The standard InChI is InChI=1S/C12H17N3O5/c1-4-20-12-13-5-8(6-14-12)10(17)15-9(7(2)16)11(18)19-3/h5-7,9,16H,4H2,1-3H3,(H,15,17)/t7-,9+/m1/s1. The first-order chi connectivity index (χ1) is 9.49. The number of ether oxygens (including phenoxy) is 2. The van der Waals surface area contributed by atoms with Crippen LogP contribution in [0.1, 0.15) is 24.2 Å². The van der Waals surface area contributed by atoms with Crippen LogP contribution >= 0.6 is 0 Å². The summed E-state index contributed by atoms with van der Waals surface area (Å²) in [5.74, 6) is -1.33. The van der Waals surface area contributed by atoms with Crippen LogP contribution in [0.25, 0.3) is 0 Å². The van der Waals surface area contributed by atoms with Gasteiger partial charge in [0.2, 0.25) is 0 Å². The van der Waals surface area contributed by atoms with Crippen LogP contribution in [0.2, 0.25) is 0 Å². The number of carbonyl (C=O) groups is 2. The summed E-state index contributed by atoms with van der Waals surface area (Å²) in [5.41, 5.74) is 0.142. The number of nitrogens with one attached hydrogen (secondary N) is 1. The average Bonchev–Trinajstić information content (AvgIpc) is 2.44. The van der Waals surface area contributed by atoms with Crippen molar-refractivity contribution in [2.45, 2.75) is 26.0 Å². The van der Waals surface area contributed by atoms with E-state index in [0.717, 1.165) is 0 Å². The van der Waals surface area contributed by atoms with Crippen molar-refractivity contribution in [2.75, 3.05) is 13.7 Å². The highest BCUT2D eigenvalue weighted by atomic mass is 16.5. The zero-order valence-electron chi connectivity index (χ0n) is 11.5. The molecule has 1 amide bonds. The van der Waals surface area contributed by atoms with Crippen LogP contribution in [0.3, 0.4) is 0 Å². The lowest BCUT2D eigenvalue weighted by Gasteiger charge is -2.18. The molecule has 2 N–H and O–H groups in total. The number of aromatic nitrogens is 2. The predicted molar refractivity (Wildman–Crippen MR) is 68.2 cm³/mol. The summed E-state index contributed by atoms with van der Waals surface area (Å²) in [6.07, 6.45) is 1.45. The average molecular weight is 283 g/mol. The molecular weight excluding hydrogens is 266 g/mol. The van der Waals surface area contributed by atoms with Gasteiger partial charge in [-0.25, -0.2) is 14.8 Å². The highest BCUT2D eigenvalue weighted by Gasteiger charge is 2.27. The van der Waals surface area contributed by atoms with Crippen molar-refractivity contribution in [2.24, 2.45) is 0 Å². The highest BCUT2D eigenvalue weighted by Crippen LogP contribution is 2.04. The fourth-order valence-electron chi connectivity index (χ4n) is 1.37. The molecule has 1 rings (SSSR count). The normalized spacial score (nSPS) is 13.2. The molecule has 1 heterocycles. The molecular formula is C12H17N3O5. The number of methoxy groups -OCH3 is 1. The van der Waals surface area contributed by atoms with E-state index < -0.39 is 24.0 Å². The van der Waals surface area contributed by atoms with Gasteiger partial charge in [-0.1, -0.05) is 0 Å². The molecule has 0 bridgehead atoms. The van der Waals surface area contributed by atoms with Crippen molar-refractivity contribution in [3.63, 3.8) is 0 Å². The molecule has 0 saturated heterocycles. The van der Waals surface area contributed by atoms with Gasteiger partial charge in [0, 0.05) is 12.4 Å². The Balaban J connectivity index is 2.76. The molecule has 0 radical (unpaired) electrons. The van der Waals surface area contributed by atoms with E-state index in [1.54, 1.807) is 6.92 Å². The van der Waals surface area contributed by atoms with Gasteiger partial charge in [0.1, 0.15) is 0 Å². The Morgan fingerprint density at radius 2 is 2.00 bits per heavy atom. The second-order valence-electron chi connectivity index (χ2n) is 3.90. The smallest absolute Gasteiger partial charge is 0.331 e. The molecule has 8 heteroatoms. The van der Waals surface area contributed by atoms with E-state index in [1.165, 1.54) is 26.4 Å². The minimum atomic E-state index is -1.15. The Morgan fingerprint density at radius 3 is 2.45 bits per heavy atom. The van der Waals surface area contributed by atoms with Gasteiger partial charge in [0.25, 0.3) is 5.91 Å². The predicted octanol–water partition coefficient (Wildman–Crippen LogP) is -0.472. The van der Waals surface area contributed by atoms with Gasteiger partial charge in [-0.15, -0.1) is 0 Å². The van der Waals surface area contributed by atoms with Crippen LogP contribution in [0.5, 0.6) is 6.01 Å². The lowest BCUT2D eigenvalue weighted by molar-refractivity contribution is -0.145. The molecule has 1 aromatic rings. The zero-order valence-corrected chi connectivity index (χ0v) is 11.5. The molecule has 20 heavy (non-hydrogen) atoms. The Morgan fingerprint density at radius 1 is 1.40 bits per heavy atom. The van der Waals surface area contributed by atoms with Gasteiger partial charge < -0.3 is 19.9 Å². The number of aliphatic hydroxyl groups is 1. The minimum absolute atomic E-state index is 0.142. The van der Waals surface area contributed by atoms with E-state index in [2.05, 4.69) is 20.0 Å². The number of rotatable bonds is 6. The summed E-state index contributed by atoms with van der Waals surface area (Å²) in [4.78, 5) is 31.0. The van der Waals surface area contributed by atoms with Crippen molar-refractivity contribution >= 4 is 11.9 Å². The molecule has 8 nitrogen and oxygen atoms in total. The van der Waals surface area contributed by atoms with Crippen LogP contribution in [-0.2, 0) is 9.53 Å². The molecule has 0 spiro atoms. The molecule has 0 saturated carbocycles. The van der Waals surface area contributed by atoms with Crippen LogP contribution < -0.4 is 10.1 Å². The maximum atomic E-state index is 11.9. The first-order valence-corrected chi connectivity index (χ1v) is 6.01. The number of esters is 1. The maximum absolute atomic E-state index is 11.9. The summed E-state index contributed by atoms with van der Waals surface area (Å²) in [7, 11) is 1.17. The highest BCUT2D eigenvalue weighted by molar-refractivity contribution is 5.96. The molecule has 0 aliphatic heterocycles. The molecule has 0 aromatic carbocycles. The van der Waals surface area contributed by atoms with Gasteiger partial charge in [-0.2, -0.15) is 0 Å². The Labute approximate surface area is 116 Å². The Hall–Kier alpha value is -2.22. The van der Waals surface area contributed by atoms with Crippen molar-refractivity contribution < 1.29 is 24.2 Å². The van der Waals surface area contributed by atoms with E-state index in [4.69, 9.17) is 4.74 Å². The monoisotopic (exact) mass is 283 g/mol. The zero-order chi connectivity index (χ0) is 15.1. The molecule has 0 unspecified atom stereocenters. The van der Waals surface area contributed by atoms with Crippen LogP contribution in [0.4, 0.5) is 0 Å². The summed E-state index contributed by atoms with van der Waals surface area (Å²) in [6.45, 7) is 3.57. The Bertz CT molecular complexity index is 461. The third-order valence-electron chi connectivity index (χ3n) is 2.39. The van der Waals surface area contributed by atoms with E-state index in [9.17, 15) is 14.7 Å².